The molecule has 1 rings (SSSR count). The van der Waals surface area contributed by atoms with Crippen molar-refractivity contribution in [3.63, 3.8) is 0 Å². The molecule has 0 unspecified atom stereocenters. The Morgan fingerprint density at radius 3 is 2.57 bits per heavy atom. The average molecular weight is 292 g/mol. The van der Waals surface area contributed by atoms with E-state index in [1.807, 2.05) is 0 Å². The van der Waals surface area contributed by atoms with Gasteiger partial charge < -0.3 is 15.2 Å². The molecule has 0 fully saturated rings. The summed E-state index contributed by atoms with van der Waals surface area (Å²) in [7, 11) is 1.57. The van der Waals surface area contributed by atoms with Crippen LogP contribution in [0.4, 0.5) is 5.69 Å². The maximum absolute atomic E-state index is 11.9. The minimum absolute atomic E-state index is 0.0103. The van der Waals surface area contributed by atoms with E-state index in [2.05, 4.69) is 11.9 Å². The molecule has 21 heavy (non-hydrogen) atoms. The Morgan fingerprint density at radius 2 is 2.05 bits per heavy atom. The summed E-state index contributed by atoms with van der Waals surface area (Å²) in [5.74, 6) is -0.380. The zero-order valence-corrected chi connectivity index (χ0v) is 12.0. The molecule has 0 saturated heterocycles. The minimum Gasteiger partial charge on any atom is -0.497 e. The highest BCUT2D eigenvalue weighted by molar-refractivity contribution is 5.92. The first-order chi connectivity index (χ1) is 10.0. The Bertz CT molecular complexity index is 485. The molecule has 0 aliphatic carbocycles. The van der Waals surface area contributed by atoms with E-state index in [-0.39, 0.29) is 18.9 Å². The molecule has 0 bridgehead atoms. The first-order valence-corrected chi connectivity index (χ1v) is 6.54. The van der Waals surface area contributed by atoms with Crippen LogP contribution >= 0.6 is 0 Å². The summed E-state index contributed by atoms with van der Waals surface area (Å²) in [6, 6.07) is 6.99. The number of carbonyl (C=O) groups is 2. The Hall–Kier alpha value is -2.34. The summed E-state index contributed by atoms with van der Waals surface area (Å²) >= 11 is 0. The van der Waals surface area contributed by atoms with Gasteiger partial charge in [0, 0.05) is 18.8 Å². The van der Waals surface area contributed by atoms with Crippen molar-refractivity contribution in [3.05, 3.63) is 36.9 Å². The van der Waals surface area contributed by atoms with Crippen molar-refractivity contribution < 1.29 is 19.4 Å². The molecule has 6 heteroatoms. The predicted molar refractivity (Wildman–Crippen MR) is 80.5 cm³/mol. The number of amides is 1. The highest BCUT2D eigenvalue weighted by Crippen LogP contribution is 2.14. The fourth-order valence-corrected chi connectivity index (χ4v) is 1.75. The number of hydrogen-bond acceptors (Lipinski definition) is 4. The molecule has 1 aromatic carbocycles. The number of methoxy groups -OCH3 is 1. The Kier molecular flexibility index (Phi) is 6.97. The van der Waals surface area contributed by atoms with Crippen LogP contribution in [-0.4, -0.2) is 48.6 Å². The molecular formula is C15H20N2O4. The first-order valence-electron chi connectivity index (χ1n) is 6.54. The monoisotopic (exact) mass is 292 g/mol. The molecule has 0 atom stereocenters. The molecule has 0 spiro atoms. The standard InChI is InChI=1S/C15H20N2O4/c1-3-9-17(10-8-15(19)20)11-14(18)16-12-4-6-13(21-2)7-5-12/h3-7H,1,8-11H2,2H3,(H,16,18)(H,19,20). The maximum atomic E-state index is 11.9. The van der Waals surface area contributed by atoms with Crippen molar-refractivity contribution in [2.45, 2.75) is 6.42 Å². The summed E-state index contributed by atoms with van der Waals surface area (Å²) in [5, 5.41) is 11.4. The van der Waals surface area contributed by atoms with E-state index in [0.717, 1.165) is 0 Å². The number of carboxylic acids is 1. The molecule has 6 nitrogen and oxygen atoms in total. The van der Waals surface area contributed by atoms with Crippen molar-refractivity contribution in [1.82, 2.24) is 4.90 Å². The lowest BCUT2D eigenvalue weighted by Gasteiger charge is -2.19. The number of nitrogens with zero attached hydrogens (tertiary/aromatic N) is 1. The van der Waals surface area contributed by atoms with Crippen molar-refractivity contribution in [1.29, 1.82) is 0 Å². The van der Waals surface area contributed by atoms with Crippen LogP contribution in [0.1, 0.15) is 6.42 Å². The number of carbonyl (C=O) groups excluding carboxylic acids is 1. The van der Waals surface area contributed by atoms with E-state index >= 15 is 0 Å². The van der Waals surface area contributed by atoms with Gasteiger partial charge in [-0.25, -0.2) is 0 Å². The molecule has 0 heterocycles. The zero-order chi connectivity index (χ0) is 15.7. The van der Waals surface area contributed by atoms with Gasteiger partial charge in [-0.15, -0.1) is 6.58 Å². The fourth-order valence-electron chi connectivity index (χ4n) is 1.75. The first kappa shape index (κ1) is 16.7. The molecule has 0 radical (unpaired) electrons. The molecule has 0 aromatic heterocycles. The van der Waals surface area contributed by atoms with Crippen molar-refractivity contribution in [2.75, 3.05) is 32.1 Å². The number of nitrogens with one attached hydrogen (secondary N) is 1. The number of benzene rings is 1. The average Bonchev–Trinajstić information content (AvgIpc) is 2.45. The van der Waals surface area contributed by atoms with Crippen LogP contribution in [0.15, 0.2) is 36.9 Å². The highest BCUT2D eigenvalue weighted by atomic mass is 16.5. The van der Waals surface area contributed by atoms with Crippen LogP contribution in [0.5, 0.6) is 5.75 Å². The Morgan fingerprint density at radius 1 is 1.38 bits per heavy atom. The number of aliphatic carboxylic acids is 1. The van der Waals surface area contributed by atoms with Crippen LogP contribution in [0.3, 0.4) is 0 Å². The van der Waals surface area contributed by atoms with Crippen molar-refractivity contribution >= 4 is 17.6 Å². The molecular weight excluding hydrogens is 272 g/mol. The number of anilines is 1. The van der Waals surface area contributed by atoms with Gasteiger partial charge >= 0.3 is 5.97 Å². The van der Waals surface area contributed by atoms with Crippen molar-refractivity contribution in [3.8, 4) is 5.75 Å². The van der Waals surface area contributed by atoms with Gasteiger partial charge in [0.25, 0.3) is 0 Å². The van der Waals surface area contributed by atoms with Gasteiger partial charge in [0.15, 0.2) is 0 Å². The lowest BCUT2D eigenvalue weighted by Crippen LogP contribution is -2.34. The van der Waals surface area contributed by atoms with E-state index in [4.69, 9.17) is 9.84 Å². The zero-order valence-electron chi connectivity index (χ0n) is 12.0. The van der Waals surface area contributed by atoms with Gasteiger partial charge in [0.05, 0.1) is 20.1 Å². The summed E-state index contributed by atoms with van der Waals surface area (Å²) in [6.07, 6.45) is 1.63. The highest BCUT2D eigenvalue weighted by Gasteiger charge is 2.11. The smallest absolute Gasteiger partial charge is 0.304 e. The van der Waals surface area contributed by atoms with Gasteiger partial charge in [-0.1, -0.05) is 6.08 Å². The quantitative estimate of drug-likeness (QED) is 0.676. The topological polar surface area (TPSA) is 78.9 Å². The second-order valence-electron chi connectivity index (χ2n) is 4.44. The minimum atomic E-state index is -0.889. The van der Waals surface area contributed by atoms with Crippen LogP contribution in [0.2, 0.25) is 0 Å². The third-order valence-electron chi connectivity index (χ3n) is 2.77. The van der Waals surface area contributed by atoms with Crippen LogP contribution in [0.25, 0.3) is 0 Å². The molecule has 0 aliphatic heterocycles. The van der Waals surface area contributed by atoms with Gasteiger partial charge in [0.1, 0.15) is 5.75 Å². The second kappa shape index (κ2) is 8.76. The molecule has 0 saturated carbocycles. The Labute approximate surface area is 124 Å². The second-order valence-corrected chi connectivity index (χ2v) is 4.44. The largest absolute Gasteiger partial charge is 0.497 e. The normalized spacial score (nSPS) is 10.2. The van der Waals surface area contributed by atoms with E-state index in [0.29, 0.717) is 24.5 Å². The van der Waals surface area contributed by atoms with Gasteiger partial charge in [-0.05, 0) is 24.3 Å². The van der Waals surface area contributed by atoms with E-state index in [1.165, 1.54) is 0 Å². The van der Waals surface area contributed by atoms with E-state index in [9.17, 15) is 9.59 Å². The number of carboxylic acid groups (broad SMARTS) is 1. The predicted octanol–water partition coefficient (Wildman–Crippen LogP) is 1.60. The third kappa shape index (κ3) is 6.58. The summed E-state index contributed by atoms with van der Waals surface area (Å²) < 4.78 is 5.04. The van der Waals surface area contributed by atoms with Crippen LogP contribution in [-0.2, 0) is 9.59 Å². The van der Waals surface area contributed by atoms with Gasteiger partial charge in [0.2, 0.25) is 5.91 Å². The maximum Gasteiger partial charge on any atom is 0.304 e. The molecule has 1 amide bonds. The summed E-state index contributed by atoms with van der Waals surface area (Å²) in [6.45, 7) is 4.48. The fraction of sp³-hybridized carbons (Fsp3) is 0.333. The molecule has 1 aromatic rings. The van der Waals surface area contributed by atoms with Crippen LogP contribution < -0.4 is 10.1 Å². The Balaban J connectivity index is 2.51. The van der Waals surface area contributed by atoms with E-state index < -0.39 is 5.97 Å². The number of ether oxygens (including phenoxy) is 1. The lowest BCUT2D eigenvalue weighted by atomic mass is 10.3. The van der Waals surface area contributed by atoms with Gasteiger partial charge in [-0.3, -0.25) is 14.5 Å². The summed E-state index contributed by atoms with van der Waals surface area (Å²) in [4.78, 5) is 24.2. The number of hydrogen-bond donors (Lipinski definition) is 2. The van der Waals surface area contributed by atoms with Crippen molar-refractivity contribution in [2.24, 2.45) is 0 Å². The van der Waals surface area contributed by atoms with Crippen LogP contribution in [0, 0.1) is 0 Å². The lowest BCUT2D eigenvalue weighted by molar-refractivity contribution is -0.137. The molecule has 0 aliphatic rings. The van der Waals surface area contributed by atoms with Gasteiger partial charge in [-0.2, -0.15) is 0 Å². The molecule has 114 valence electrons. The summed E-state index contributed by atoms with van der Waals surface area (Å²) in [5.41, 5.74) is 0.664. The molecule has 2 N–H and O–H groups in total. The third-order valence-corrected chi connectivity index (χ3v) is 2.77. The SMILES string of the molecule is C=CCN(CCC(=O)O)CC(=O)Nc1ccc(OC)cc1. The van der Waals surface area contributed by atoms with E-state index in [1.54, 1.807) is 42.4 Å². The number of rotatable bonds is 9.